The SMILES string of the molecule is CN=C(N)NCC(C)Sc1ccccc1. The van der Waals surface area contributed by atoms with Crippen molar-refractivity contribution in [3.63, 3.8) is 0 Å². The Morgan fingerprint density at radius 2 is 2.13 bits per heavy atom. The predicted molar refractivity (Wildman–Crippen MR) is 67.3 cm³/mol. The maximum atomic E-state index is 5.54. The first-order valence-electron chi connectivity index (χ1n) is 4.90. The standard InChI is InChI=1S/C11H17N3S/c1-9(8-14-11(12)13-2)15-10-6-4-3-5-7-10/h3-7,9H,8H2,1-2H3,(H3,12,13,14). The summed E-state index contributed by atoms with van der Waals surface area (Å²) in [5, 5.41) is 3.52. The summed E-state index contributed by atoms with van der Waals surface area (Å²) in [4.78, 5) is 5.12. The molecule has 1 rings (SSSR count). The second-order valence-corrected chi connectivity index (χ2v) is 4.74. The molecule has 0 aliphatic heterocycles. The average Bonchev–Trinajstić information content (AvgIpc) is 2.27. The van der Waals surface area contributed by atoms with Crippen LogP contribution in [0.1, 0.15) is 6.92 Å². The van der Waals surface area contributed by atoms with E-state index in [0.717, 1.165) is 6.54 Å². The van der Waals surface area contributed by atoms with E-state index in [1.165, 1.54) is 4.90 Å². The van der Waals surface area contributed by atoms with Crippen molar-refractivity contribution in [3.05, 3.63) is 30.3 Å². The van der Waals surface area contributed by atoms with E-state index in [2.05, 4.69) is 29.4 Å². The van der Waals surface area contributed by atoms with Crippen molar-refractivity contribution in [2.45, 2.75) is 17.1 Å². The summed E-state index contributed by atoms with van der Waals surface area (Å²) in [6.45, 7) is 2.98. The molecule has 1 aromatic carbocycles. The Balaban J connectivity index is 2.33. The van der Waals surface area contributed by atoms with Crippen LogP contribution in [0.2, 0.25) is 0 Å². The molecule has 0 fully saturated rings. The normalized spacial score (nSPS) is 13.6. The quantitative estimate of drug-likeness (QED) is 0.464. The van der Waals surface area contributed by atoms with E-state index >= 15 is 0 Å². The first kappa shape index (κ1) is 11.9. The third-order valence-electron chi connectivity index (χ3n) is 1.89. The zero-order chi connectivity index (χ0) is 11.1. The number of rotatable bonds is 4. The molecule has 1 unspecified atom stereocenters. The highest BCUT2D eigenvalue weighted by molar-refractivity contribution is 8.00. The van der Waals surface area contributed by atoms with Crippen molar-refractivity contribution in [2.24, 2.45) is 10.7 Å². The molecule has 0 saturated heterocycles. The summed E-state index contributed by atoms with van der Waals surface area (Å²) in [5.41, 5.74) is 5.54. The van der Waals surface area contributed by atoms with Gasteiger partial charge >= 0.3 is 0 Å². The van der Waals surface area contributed by atoms with Crippen molar-refractivity contribution < 1.29 is 0 Å². The Morgan fingerprint density at radius 1 is 1.47 bits per heavy atom. The zero-order valence-electron chi connectivity index (χ0n) is 9.10. The van der Waals surface area contributed by atoms with Crippen LogP contribution in [0.15, 0.2) is 40.2 Å². The van der Waals surface area contributed by atoms with Gasteiger partial charge in [-0.05, 0) is 12.1 Å². The highest BCUT2D eigenvalue weighted by Gasteiger charge is 2.03. The van der Waals surface area contributed by atoms with E-state index in [0.29, 0.717) is 11.2 Å². The average molecular weight is 223 g/mol. The Bertz CT molecular complexity index is 311. The molecule has 82 valence electrons. The van der Waals surface area contributed by atoms with Crippen molar-refractivity contribution in [1.29, 1.82) is 0 Å². The summed E-state index contributed by atoms with van der Waals surface area (Å²) < 4.78 is 0. The van der Waals surface area contributed by atoms with Crippen LogP contribution in [-0.4, -0.2) is 24.8 Å². The van der Waals surface area contributed by atoms with Gasteiger partial charge in [0, 0.05) is 23.7 Å². The van der Waals surface area contributed by atoms with Crippen molar-refractivity contribution >= 4 is 17.7 Å². The van der Waals surface area contributed by atoms with Crippen LogP contribution in [-0.2, 0) is 0 Å². The van der Waals surface area contributed by atoms with Gasteiger partial charge in [-0.2, -0.15) is 0 Å². The Kier molecular flexibility index (Phi) is 5.04. The van der Waals surface area contributed by atoms with Gasteiger partial charge in [0.05, 0.1) is 0 Å². The van der Waals surface area contributed by atoms with E-state index in [1.807, 2.05) is 30.0 Å². The van der Waals surface area contributed by atoms with Gasteiger partial charge in [-0.1, -0.05) is 25.1 Å². The van der Waals surface area contributed by atoms with Crippen LogP contribution in [0.25, 0.3) is 0 Å². The van der Waals surface area contributed by atoms with Crippen LogP contribution < -0.4 is 11.1 Å². The van der Waals surface area contributed by atoms with Gasteiger partial charge in [0.2, 0.25) is 0 Å². The summed E-state index contributed by atoms with van der Waals surface area (Å²) >= 11 is 1.82. The van der Waals surface area contributed by atoms with Crippen LogP contribution in [0.3, 0.4) is 0 Å². The van der Waals surface area contributed by atoms with E-state index in [4.69, 9.17) is 5.73 Å². The van der Waals surface area contributed by atoms with Gasteiger partial charge in [0.15, 0.2) is 5.96 Å². The molecule has 0 aliphatic rings. The van der Waals surface area contributed by atoms with E-state index < -0.39 is 0 Å². The molecule has 0 heterocycles. The maximum absolute atomic E-state index is 5.54. The van der Waals surface area contributed by atoms with Gasteiger partial charge < -0.3 is 11.1 Å². The van der Waals surface area contributed by atoms with Crippen LogP contribution in [0, 0.1) is 0 Å². The first-order chi connectivity index (χ1) is 7.22. The number of nitrogens with two attached hydrogens (primary N) is 1. The molecule has 0 aliphatic carbocycles. The number of guanidine groups is 1. The van der Waals surface area contributed by atoms with Crippen molar-refractivity contribution in [3.8, 4) is 0 Å². The molecule has 1 aromatic rings. The lowest BCUT2D eigenvalue weighted by atomic mass is 10.4. The number of nitrogens with zero attached hydrogens (tertiary/aromatic N) is 1. The maximum Gasteiger partial charge on any atom is 0.188 e. The molecule has 0 spiro atoms. The molecule has 0 saturated carbocycles. The van der Waals surface area contributed by atoms with Crippen molar-refractivity contribution in [2.75, 3.05) is 13.6 Å². The minimum atomic E-state index is 0.465. The fourth-order valence-corrected chi connectivity index (χ4v) is 2.05. The van der Waals surface area contributed by atoms with Crippen molar-refractivity contribution in [1.82, 2.24) is 5.32 Å². The predicted octanol–water partition coefficient (Wildman–Crippen LogP) is 1.70. The van der Waals surface area contributed by atoms with Gasteiger partial charge in [-0.3, -0.25) is 4.99 Å². The summed E-state index contributed by atoms with van der Waals surface area (Å²) in [5.74, 6) is 0.496. The molecular weight excluding hydrogens is 206 g/mol. The lowest BCUT2D eigenvalue weighted by Crippen LogP contribution is -2.35. The van der Waals surface area contributed by atoms with Gasteiger partial charge in [0.1, 0.15) is 0 Å². The van der Waals surface area contributed by atoms with Crippen LogP contribution in [0.4, 0.5) is 0 Å². The largest absolute Gasteiger partial charge is 0.370 e. The molecule has 0 bridgehead atoms. The smallest absolute Gasteiger partial charge is 0.188 e. The Labute approximate surface area is 95.2 Å². The van der Waals surface area contributed by atoms with Gasteiger partial charge in [-0.15, -0.1) is 11.8 Å². The fraction of sp³-hybridized carbons (Fsp3) is 0.364. The molecule has 1 atom stereocenters. The minimum Gasteiger partial charge on any atom is -0.370 e. The summed E-state index contributed by atoms with van der Waals surface area (Å²) in [7, 11) is 1.68. The van der Waals surface area contributed by atoms with Crippen LogP contribution >= 0.6 is 11.8 Å². The minimum absolute atomic E-state index is 0.465. The third kappa shape index (κ3) is 4.74. The lowest BCUT2D eigenvalue weighted by Gasteiger charge is -2.12. The highest BCUT2D eigenvalue weighted by Crippen LogP contribution is 2.21. The van der Waals surface area contributed by atoms with Gasteiger partial charge in [0.25, 0.3) is 0 Å². The number of aliphatic imine (C=N–C) groups is 1. The summed E-state index contributed by atoms with van der Waals surface area (Å²) in [6.07, 6.45) is 0. The second kappa shape index (κ2) is 6.35. The van der Waals surface area contributed by atoms with E-state index in [1.54, 1.807) is 7.05 Å². The molecular formula is C11H17N3S. The number of nitrogens with one attached hydrogen (secondary N) is 1. The number of hydrogen-bond donors (Lipinski definition) is 2. The first-order valence-corrected chi connectivity index (χ1v) is 5.78. The fourth-order valence-electron chi connectivity index (χ4n) is 1.10. The Hall–Kier alpha value is -1.16. The van der Waals surface area contributed by atoms with E-state index in [9.17, 15) is 0 Å². The summed E-state index contributed by atoms with van der Waals surface area (Å²) in [6, 6.07) is 10.3. The van der Waals surface area contributed by atoms with Gasteiger partial charge in [-0.25, -0.2) is 0 Å². The zero-order valence-corrected chi connectivity index (χ0v) is 9.92. The number of thioether (sulfide) groups is 1. The number of hydrogen-bond acceptors (Lipinski definition) is 2. The Morgan fingerprint density at radius 3 is 2.73 bits per heavy atom. The molecule has 0 aromatic heterocycles. The van der Waals surface area contributed by atoms with Crippen LogP contribution in [0.5, 0.6) is 0 Å². The topological polar surface area (TPSA) is 50.4 Å². The molecule has 3 nitrogen and oxygen atoms in total. The molecule has 15 heavy (non-hydrogen) atoms. The highest BCUT2D eigenvalue weighted by atomic mass is 32.2. The molecule has 0 amide bonds. The van der Waals surface area contributed by atoms with E-state index in [-0.39, 0.29) is 0 Å². The molecule has 4 heteroatoms. The molecule has 0 radical (unpaired) electrons. The third-order valence-corrected chi connectivity index (χ3v) is 3.01. The molecule has 3 N–H and O–H groups in total. The monoisotopic (exact) mass is 223 g/mol. The second-order valence-electron chi connectivity index (χ2n) is 3.23. The lowest BCUT2D eigenvalue weighted by molar-refractivity contribution is 0.847. The number of benzene rings is 1.